The number of benzene rings is 2. The van der Waals surface area contributed by atoms with E-state index >= 15 is 0 Å². The van der Waals surface area contributed by atoms with Crippen LogP contribution in [0.4, 0.5) is 9.52 Å². The number of nitrogens with zero attached hydrogens (tertiary/aromatic N) is 1. The first-order valence-electron chi connectivity index (χ1n) is 7.86. The molecule has 1 aromatic heterocycles. The van der Waals surface area contributed by atoms with Crippen LogP contribution in [0, 0.1) is 5.82 Å². The number of carbonyl (C=O) groups is 1. The van der Waals surface area contributed by atoms with E-state index in [2.05, 4.69) is 10.3 Å². The SMILES string of the molecule is O=C(CCCc1ccc(Cl)cc1)Nc1nc(-c2ccc(F)cc2)cs1. The Balaban J connectivity index is 1.49. The van der Waals surface area contributed by atoms with Crippen molar-refractivity contribution in [3.05, 3.63) is 70.3 Å². The third-order valence-electron chi connectivity index (χ3n) is 3.67. The van der Waals surface area contributed by atoms with Gasteiger partial charge < -0.3 is 5.32 Å². The van der Waals surface area contributed by atoms with Gasteiger partial charge in [0.25, 0.3) is 0 Å². The Bertz CT molecular complexity index is 847. The van der Waals surface area contributed by atoms with E-state index in [1.165, 1.54) is 23.5 Å². The van der Waals surface area contributed by atoms with Gasteiger partial charge in [0.1, 0.15) is 5.82 Å². The maximum absolute atomic E-state index is 13.0. The smallest absolute Gasteiger partial charge is 0.226 e. The first-order chi connectivity index (χ1) is 12.1. The van der Waals surface area contributed by atoms with Gasteiger partial charge in [-0.15, -0.1) is 11.3 Å². The van der Waals surface area contributed by atoms with Crippen molar-refractivity contribution in [2.75, 3.05) is 5.32 Å². The van der Waals surface area contributed by atoms with Crippen LogP contribution in [-0.2, 0) is 11.2 Å². The number of hydrogen-bond donors (Lipinski definition) is 1. The van der Waals surface area contributed by atoms with E-state index in [0.717, 1.165) is 29.7 Å². The average Bonchev–Trinajstić information content (AvgIpc) is 3.06. The van der Waals surface area contributed by atoms with E-state index < -0.39 is 0 Å². The van der Waals surface area contributed by atoms with E-state index in [1.54, 1.807) is 12.1 Å². The van der Waals surface area contributed by atoms with Crippen LogP contribution in [0.1, 0.15) is 18.4 Å². The maximum Gasteiger partial charge on any atom is 0.226 e. The number of anilines is 1. The van der Waals surface area contributed by atoms with Gasteiger partial charge in [0, 0.05) is 22.4 Å². The van der Waals surface area contributed by atoms with Gasteiger partial charge in [-0.3, -0.25) is 4.79 Å². The molecule has 1 heterocycles. The summed E-state index contributed by atoms with van der Waals surface area (Å²) in [7, 11) is 0. The van der Waals surface area contributed by atoms with Crippen molar-refractivity contribution in [2.24, 2.45) is 0 Å². The number of thiazole rings is 1. The lowest BCUT2D eigenvalue weighted by Crippen LogP contribution is -2.11. The van der Waals surface area contributed by atoms with E-state index in [1.807, 2.05) is 29.6 Å². The first-order valence-corrected chi connectivity index (χ1v) is 9.12. The van der Waals surface area contributed by atoms with Gasteiger partial charge >= 0.3 is 0 Å². The van der Waals surface area contributed by atoms with Crippen molar-refractivity contribution >= 4 is 34.0 Å². The molecule has 0 bridgehead atoms. The summed E-state index contributed by atoms with van der Waals surface area (Å²) in [4.78, 5) is 16.4. The molecule has 3 rings (SSSR count). The highest BCUT2D eigenvalue weighted by Gasteiger charge is 2.08. The molecule has 1 amide bonds. The third-order valence-corrected chi connectivity index (χ3v) is 4.68. The second-order valence-electron chi connectivity index (χ2n) is 5.57. The number of aromatic nitrogens is 1. The first kappa shape index (κ1) is 17.6. The van der Waals surface area contributed by atoms with Gasteiger partial charge in [-0.05, 0) is 54.8 Å². The predicted octanol–water partition coefficient (Wildman–Crippen LogP) is 5.56. The Morgan fingerprint density at radius 3 is 2.56 bits per heavy atom. The molecule has 0 atom stereocenters. The van der Waals surface area contributed by atoms with Gasteiger partial charge in [0.15, 0.2) is 5.13 Å². The van der Waals surface area contributed by atoms with Crippen LogP contribution in [-0.4, -0.2) is 10.9 Å². The molecule has 0 radical (unpaired) electrons. The summed E-state index contributed by atoms with van der Waals surface area (Å²) in [6, 6.07) is 13.8. The zero-order valence-electron chi connectivity index (χ0n) is 13.3. The molecule has 128 valence electrons. The largest absolute Gasteiger partial charge is 0.302 e. The van der Waals surface area contributed by atoms with E-state index in [-0.39, 0.29) is 11.7 Å². The minimum absolute atomic E-state index is 0.0611. The number of aryl methyl sites for hydroxylation is 1. The Hall–Kier alpha value is -2.24. The van der Waals surface area contributed by atoms with Crippen LogP contribution >= 0.6 is 22.9 Å². The van der Waals surface area contributed by atoms with E-state index in [0.29, 0.717) is 16.6 Å². The van der Waals surface area contributed by atoms with E-state index in [9.17, 15) is 9.18 Å². The lowest BCUT2D eigenvalue weighted by molar-refractivity contribution is -0.116. The van der Waals surface area contributed by atoms with Crippen molar-refractivity contribution < 1.29 is 9.18 Å². The van der Waals surface area contributed by atoms with Crippen LogP contribution < -0.4 is 5.32 Å². The Kier molecular flexibility index (Phi) is 5.79. The molecular formula is C19H16ClFN2OS. The fourth-order valence-electron chi connectivity index (χ4n) is 2.37. The highest BCUT2D eigenvalue weighted by Crippen LogP contribution is 2.25. The maximum atomic E-state index is 13.0. The van der Waals surface area contributed by atoms with Crippen molar-refractivity contribution in [3.8, 4) is 11.3 Å². The molecule has 3 aromatic rings. The van der Waals surface area contributed by atoms with Crippen molar-refractivity contribution in [3.63, 3.8) is 0 Å². The summed E-state index contributed by atoms with van der Waals surface area (Å²) < 4.78 is 13.0. The Morgan fingerprint density at radius 2 is 1.84 bits per heavy atom. The summed E-state index contributed by atoms with van der Waals surface area (Å²) in [6.45, 7) is 0. The third kappa shape index (κ3) is 5.11. The number of rotatable bonds is 6. The summed E-state index contributed by atoms with van der Waals surface area (Å²) in [6.07, 6.45) is 2.00. The average molecular weight is 375 g/mol. The molecule has 25 heavy (non-hydrogen) atoms. The molecule has 0 fully saturated rings. The quantitative estimate of drug-likeness (QED) is 0.613. The predicted molar refractivity (Wildman–Crippen MR) is 101 cm³/mol. The zero-order valence-corrected chi connectivity index (χ0v) is 14.9. The molecule has 0 aliphatic carbocycles. The van der Waals surface area contributed by atoms with Crippen molar-refractivity contribution in [1.82, 2.24) is 4.98 Å². The summed E-state index contributed by atoms with van der Waals surface area (Å²) in [5.41, 5.74) is 2.70. The number of amides is 1. The van der Waals surface area contributed by atoms with Gasteiger partial charge in [-0.1, -0.05) is 23.7 Å². The van der Waals surface area contributed by atoms with Gasteiger partial charge in [0.05, 0.1) is 5.69 Å². The second-order valence-corrected chi connectivity index (χ2v) is 6.87. The monoisotopic (exact) mass is 374 g/mol. The fourth-order valence-corrected chi connectivity index (χ4v) is 3.23. The molecule has 0 aliphatic heterocycles. The molecule has 3 nitrogen and oxygen atoms in total. The topological polar surface area (TPSA) is 42.0 Å². The minimum Gasteiger partial charge on any atom is -0.302 e. The van der Waals surface area contributed by atoms with Gasteiger partial charge in [-0.25, -0.2) is 9.37 Å². The van der Waals surface area contributed by atoms with Crippen LogP contribution in [0.3, 0.4) is 0 Å². The summed E-state index contributed by atoms with van der Waals surface area (Å²) in [5, 5.41) is 5.92. The van der Waals surface area contributed by atoms with Crippen LogP contribution in [0.25, 0.3) is 11.3 Å². The van der Waals surface area contributed by atoms with Crippen LogP contribution in [0.2, 0.25) is 5.02 Å². The highest BCUT2D eigenvalue weighted by molar-refractivity contribution is 7.14. The summed E-state index contributed by atoms with van der Waals surface area (Å²) in [5.74, 6) is -0.345. The number of halogens is 2. The minimum atomic E-state index is -0.284. The molecule has 0 spiro atoms. The van der Waals surface area contributed by atoms with Crippen molar-refractivity contribution in [2.45, 2.75) is 19.3 Å². The molecule has 0 unspecified atom stereocenters. The molecule has 6 heteroatoms. The van der Waals surface area contributed by atoms with E-state index in [4.69, 9.17) is 11.6 Å². The summed E-state index contributed by atoms with van der Waals surface area (Å²) >= 11 is 7.21. The lowest BCUT2D eigenvalue weighted by atomic mass is 10.1. The number of carbonyl (C=O) groups excluding carboxylic acids is 1. The zero-order chi connectivity index (χ0) is 17.6. The molecule has 0 saturated heterocycles. The molecule has 1 N–H and O–H groups in total. The fraction of sp³-hybridized carbons (Fsp3) is 0.158. The standard InChI is InChI=1S/C19H16ClFN2OS/c20-15-8-4-13(5-9-15)2-1-3-18(24)23-19-22-17(12-25-19)14-6-10-16(21)11-7-14/h4-12H,1-3H2,(H,22,23,24). The molecule has 0 aliphatic rings. The number of hydrogen-bond acceptors (Lipinski definition) is 3. The molecule has 0 saturated carbocycles. The highest BCUT2D eigenvalue weighted by atomic mass is 35.5. The van der Waals surface area contributed by atoms with Crippen molar-refractivity contribution in [1.29, 1.82) is 0 Å². The lowest BCUT2D eigenvalue weighted by Gasteiger charge is -2.03. The second kappa shape index (κ2) is 8.23. The number of nitrogens with one attached hydrogen (secondary N) is 1. The molecule has 2 aromatic carbocycles. The Morgan fingerprint density at radius 1 is 1.12 bits per heavy atom. The molecular weight excluding hydrogens is 359 g/mol. The normalized spacial score (nSPS) is 10.6. The van der Waals surface area contributed by atoms with Crippen LogP contribution in [0.5, 0.6) is 0 Å². The van der Waals surface area contributed by atoms with Gasteiger partial charge in [-0.2, -0.15) is 0 Å². The van der Waals surface area contributed by atoms with Crippen LogP contribution in [0.15, 0.2) is 53.9 Å². The van der Waals surface area contributed by atoms with Gasteiger partial charge in [0.2, 0.25) is 5.91 Å². The Labute approximate surface area is 154 Å².